The summed E-state index contributed by atoms with van der Waals surface area (Å²) in [7, 11) is 0. The molecule has 0 atom stereocenters. The van der Waals surface area contributed by atoms with Gasteiger partial charge in [0.1, 0.15) is 5.15 Å². The van der Waals surface area contributed by atoms with E-state index in [2.05, 4.69) is 9.97 Å². The molecule has 0 unspecified atom stereocenters. The third kappa shape index (κ3) is 1.72. The summed E-state index contributed by atoms with van der Waals surface area (Å²) < 4.78 is 1.78. The molecule has 0 aliphatic heterocycles. The van der Waals surface area contributed by atoms with Crippen LogP contribution < -0.4 is 5.43 Å². The fourth-order valence-corrected chi connectivity index (χ4v) is 2.75. The largest absolute Gasteiger partial charge is 0.289 e. The first kappa shape index (κ1) is 11.4. The van der Waals surface area contributed by atoms with Crippen LogP contribution in [0.4, 0.5) is 0 Å². The van der Waals surface area contributed by atoms with Crippen LogP contribution in [0.3, 0.4) is 0 Å². The van der Waals surface area contributed by atoms with Crippen molar-refractivity contribution in [3.63, 3.8) is 0 Å². The third-order valence-electron chi connectivity index (χ3n) is 2.64. The fraction of sp³-hybridized carbons (Fsp3) is 0.0833. The smallest absolute Gasteiger partial charge is 0.195 e. The van der Waals surface area contributed by atoms with Crippen molar-refractivity contribution in [3.05, 3.63) is 50.8 Å². The number of hydrogen-bond acceptors (Lipinski definition) is 4. The van der Waals surface area contributed by atoms with E-state index in [1.807, 2.05) is 12.3 Å². The maximum absolute atomic E-state index is 11.9. The molecular formula is C12H8ClN3OS. The van der Waals surface area contributed by atoms with Crippen molar-refractivity contribution in [1.82, 2.24) is 14.5 Å². The summed E-state index contributed by atoms with van der Waals surface area (Å²) in [4.78, 5) is 20.4. The molecular weight excluding hydrogens is 270 g/mol. The van der Waals surface area contributed by atoms with Crippen molar-refractivity contribution < 1.29 is 0 Å². The number of hydrogen-bond donors (Lipinski definition) is 0. The van der Waals surface area contributed by atoms with E-state index in [-0.39, 0.29) is 5.43 Å². The highest BCUT2D eigenvalue weighted by Crippen LogP contribution is 2.21. The fourth-order valence-electron chi connectivity index (χ4n) is 1.88. The first-order valence-electron chi connectivity index (χ1n) is 5.25. The standard InChI is InChI=1S/C12H8ClN3OS/c1-7-6-9(13)15-11-10(7)8(17)2-4-16(11)12-14-3-5-18-12/h2-6H,1H3. The Morgan fingerprint density at radius 1 is 1.44 bits per heavy atom. The number of thiazole rings is 1. The van der Waals surface area contributed by atoms with Crippen LogP contribution >= 0.6 is 22.9 Å². The van der Waals surface area contributed by atoms with Crippen LogP contribution in [0.1, 0.15) is 5.56 Å². The van der Waals surface area contributed by atoms with E-state index in [1.165, 1.54) is 17.4 Å². The molecule has 0 fully saturated rings. The zero-order chi connectivity index (χ0) is 12.7. The summed E-state index contributed by atoms with van der Waals surface area (Å²) in [5, 5.41) is 3.58. The monoisotopic (exact) mass is 277 g/mol. The van der Waals surface area contributed by atoms with Gasteiger partial charge >= 0.3 is 0 Å². The highest BCUT2D eigenvalue weighted by atomic mass is 35.5. The highest BCUT2D eigenvalue weighted by molar-refractivity contribution is 7.12. The maximum Gasteiger partial charge on any atom is 0.195 e. The number of aryl methyl sites for hydroxylation is 1. The Morgan fingerprint density at radius 3 is 3.00 bits per heavy atom. The molecule has 3 aromatic heterocycles. The molecule has 4 nitrogen and oxygen atoms in total. The van der Waals surface area contributed by atoms with Gasteiger partial charge in [-0.2, -0.15) is 0 Å². The van der Waals surface area contributed by atoms with Crippen LogP contribution in [0.15, 0.2) is 34.7 Å². The van der Waals surface area contributed by atoms with Gasteiger partial charge in [0, 0.05) is 23.8 Å². The van der Waals surface area contributed by atoms with Gasteiger partial charge in [-0.05, 0) is 18.6 Å². The van der Waals surface area contributed by atoms with Gasteiger partial charge in [-0.3, -0.25) is 9.36 Å². The first-order valence-corrected chi connectivity index (χ1v) is 6.51. The Morgan fingerprint density at radius 2 is 2.28 bits per heavy atom. The van der Waals surface area contributed by atoms with Crippen LogP contribution in [0, 0.1) is 6.92 Å². The lowest BCUT2D eigenvalue weighted by molar-refractivity contribution is 1.04. The average Bonchev–Trinajstić information content (AvgIpc) is 2.81. The van der Waals surface area contributed by atoms with E-state index in [0.717, 1.165) is 10.7 Å². The number of halogens is 1. The van der Waals surface area contributed by atoms with Gasteiger partial charge in [0.2, 0.25) is 0 Å². The van der Waals surface area contributed by atoms with Crippen LogP contribution in [-0.2, 0) is 0 Å². The SMILES string of the molecule is Cc1cc(Cl)nc2c1c(=O)ccn2-c1nccs1. The molecule has 0 radical (unpaired) electrons. The van der Waals surface area contributed by atoms with Crippen molar-refractivity contribution in [3.8, 4) is 5.13 Å². The van der Waals surface area contributed by atoms with Gasteiger partial charge < -0.3 is 0 Å². The zero-order valence-electron chi connectivity index (χ0n) is 9.42. The van der Waals surface area contributed by atoms with Gasteiger partial charge in [0.15, 0.2) is 16.2 Å². The molecule has 3 heterocycles. The summed E-state index contributed by atoms with van der Waals surface area (Å²) in [6, 6.07) is 3.21. The van der Waals surface area contributed by atoms with E-state index >= 15 is 0 Å². The number of pyridine rings is 2. The number of nitrogens with zero attached hydrogens (tertiary/aromatic N) is 3. The Balaban J connectivity index is 2.49. The minimum atomic E-state index is -0.0560. The normalized spacial score (nSPS) is 11.0. The number of fused-ring (bicyclic) bond motifs is 1. The lowest BCUT2D eigenvalue weighted by Crippen LogP contribution is -2.09. The van der Waals surface area contributed by atoms with E-state index in [9.17, 15) is 4.79 Å². The van der Waals surface area contributed by atoms with E-state index in [1.54, 1.807) is 23.0 Å². The molecule has 3 rings (SSSR count). The quantitative estimate of drug-likeness (QED) is 0.643. The minimum Gasteiger partial charge on any atom is -0.289 e. The predicted octanol–water partition coefficient (Wildman–Crippen LogP) is 2.80. The topological polar surface area (TPSA) is 47.8 Å². The Hall–Kier alpha value is -1.72. The highest BCUT2D eigenvalue weighted by Gasteiger charge is 2.10. The summed E-state index contributed by atoms with van der Waals surface area (Å²) >= 11 is 7.44. The zero-order valence-corrected chi connectivity index (χ0v) is 11.0. The molecule has 0 aliphatic carbocycles. The Kier molecular flexibility index (Phi) is 2.65. The molecule has 0 aromatic carbocycles. The van der Waals surface area contributed by atoms with Crippen LogP contribution in [0.5, 0.6) is 0 Å². The summed E-state index contributed by atoms with van der Waals surface area (Å²) in [6.07, 6.45) is 3.38. The molecule has 0 bridgehead atoms. The van der Waals surface area contributed by atoms with E-state index in [0.29, 0.717) is 16.2 Å². The lowest BCUT2D eigenvalue weighted by Gasteiger charge is -2.08. The van der Waals surface area contributed by atoms with Gasteiger partial charge in [0.25, 0.3) is 0 Å². The molecule has 0 amide bonds. The second kappa shape index (κ2) is 4.19. The van der Waals surface area contributed by atoms with Crippen molar-refractivity contribution >= 4 is 34.0 Å². The van der Waals surface area contributed by atoms with Gasteiger partial charge in [-0.1, -0.05) is 11.6 Å². The van der Waals surface area contributed by atoms with Crippen molar-refractivity contribution in [2.45, 2.75) is 6.92 Å². The molecule has 18 heavy (non-hydrogen) atoms. The van der Waals surface area contributed by atoms with E-state index < -0.39 is 0 Å². The Bertz CT molecular complexity index is 780. The Labute approximate surface area is 112 Å². The van der Waals surface area contributed by atoms with Gasteiger partial charge in [-0.25, -0.2) is 9.97 Å². The molecule has 6 heteroatoms. The van der Waals surface area contributed by atoms with Crippen LogP contribution in [0.25, 0.3) is 16.2 Å². The van der Waals surface area contributed by atoms with Crippen LogP contribution in [0.2, 0.25) is 5.15 Å². The van der Waals surface area contributed by atoms with Gasteiger partial charge in [0.05, 0.1) is 5.39 Å². The van der Waals surface area contributed by atoms with Crippen LogP contribution in [-0.4, -0.2) is 14.5 Å². The van der Waals surface area contributed by atoms with Crippen molar-refractivity contribution in [2.75, 3.05) is 0 Å². The minimum absolute atomic E-state index is 0.0560. The summed E-state index contributed by atoms with van der Waals surface area (Å²) in [5.41, 5.74) is 1.31. The summed E-state index contributed by atoms with van der Waals surface area (Å²) in [5.74, 6) is 0. The van der Waals surface area contributed by atoms with Crippen molar-refractivity contribution in [2.24, 2.45) is 0 Å². The van der Waals surface area contributed by atoms with Crippen molar-refractivity contribution in [1.29, 1.82) is 0 Å². The predicted molar refractivity (Wildman–Crippen MR) is 72.8 cm³/mol. The second-order valence-corrected chi connectivity index (χ2v) is 5.09. The lowest BCUT2D eigenvalue weighted by atomic mass is 10.2. The molecule has 3 aromatic rings. The molecule has 0 saturated heterocycles. The molecule has 0 spiro atoms. The molecule has 0 N–H and O–H groups in total. The number of aromatic nitrogens is 3. The summed E-state index contributed by atoms with van der Waals surface area (Å²) in [6.45, 7) is 1.85. The molecule has 0 saturated carbocycles. The number of rotatable bonds is 1. The van der Waals surface area contributed by atoms with Gasteiger partial charge in [-0.15, -0.1) is 11.3 Å². The maximum atomic E-state index is 11.9. The van der Waals surface area contributed by atoms with E-state index in [4.69, 9.17) is 11.6 Å². The average molecular weight is 278 g/mol. The molecule has 0 aliphatic rings. The molecule has 90 valence electrons. The first-order chi connectivity index (χ1) is 8.66. The second-order valence-electron chi connectivity index (χ2n) is 3.83. The third-order valence-corrected chi connectivity index (χ3v) is 3.61.